The Bertz CT molecular complexity index is 1450. The lowest BCUT2D eigenvalue weighted by Gasteiger charge is -2.17. The zero-order valence-corrected chi connectivity index (χ0v) is 24.0. The topological polar surface area (TPSA) is 97.7 Å². The van der Waals surface area contributed by atoms with Crippen molar-refractivity contribution in [2.45, 2.75) is 55.7 Å². The van der Waals surface area contributed by atoms with Crippen molar-refractivity contribution in [3.63, 3.8) is 0 Å². The van der Waals surface area contributed by atoms with Gasteiger partial charge in [-0.15, -0.1) is 0 Å². The van der Waals surface area contributed by atoms with Crippen LogP contribution in [0.2, 0.25) is 0 Å². The summed E-state index contributed by atoms with van der Waals surface area (Å²) in [4.78, 5) is 34.5. The maximum absolute atomic E-state index is 13.2. The number of benzene rings is 2. The Labute approximate surface area is 234 Å². The number of aromatic amines is 1. The van der Waals surface area contributed by atoms with Gasteiger partial charge in [-0.3, -0.25) is 4.98 Å². The standard InChI is InChI=1S/C28H31BrN4O4S/c1-4-6-14-19(5-2)37-17-30-20-15-10-11-16-21(20)38-27-31-25-23(26(34)36-3)22(18-12-8-7-9-13-18)24(29)33(25)28(35)32-27/h7-13,15-16,19,30H,4-6,14,17H2,1-3H3,(H,31,32,35). The quantitative estimate of drug-likeness (QED) is 0.137. The highest BCUT2D eigenvalue weighted by atomic mass is 79.9. The fraction of sp³-hybridized carbons (Fsp3) is 0.321. The molecule has 38 heavy (non-hydrogen) atoms. The Hall–Kier alpha value is -3.08. The molecular formula is C28H31BrN4O4S. The summed E-state index contributed by atoms with van der Waals surface area (Å²) in [7, 11) is 1.31. The molecule has 4 aromatic rings. The number of para-hydroxylation sites is 1. The molecule has 0 saturated heterocycles. The Morgan fingerprint density at radius 1 is 1.16 bits per heavy atom. The van der Waals surface area contributed by atoms with E-state index in [1.54, 1.807) is 0 Å². The molecule has 2 heterocycles. The monoisotopic (exact) mass is 598 g/mol. The van der Waals surface area contributed by atoms with Gasteiger partial charge in [0, 0.05) is 10.5 Å². The number of carbonyl (C=O) groups is 1. The minimum absolute atomic E-state index is 0.212. The van der Waals surface area contributed by atoms with E-state index in [0.29, 0.717) is 22.1 Å². The van der Waals surface area contributed by atoms with E-state index in [2.05, 4.69) is 45.1 Å². The first-order chi connectivity index (χ1) is 18.5. The summed E-state index contributed by atoms with van der Waals surface area (Å²) in [6.45, 7) is 4.69. The van der Waals surface area contributed by atoms with Crippen LogP contribution in [0, 0.1) is 0 Å². The van der Waals surface area contributed by atoms with Crippen molar-refractivity contribution < 1.29 is 14.3 Å². The molecule has 10 heteroatoms. The molecule has 2 N–H and O–H groups in total. The molecule has 0 amide bonds. The van der Waals surface area contributed by atoms with Gasteiger partial charge < -0.3 is 14.8 Å². The fourth-order valence-electron chi connectivity index (χ4n) is 4.19. The van der Waals surface area contributed by atoms with Gasteiger partial charge >= 0.3 is 11.7 Å². The lowest BCUT2D eigenvalue weighted by Crippen LogP contribution is -2.19. The van der Waals surface area contributed by atoms with Gasteiger partial charge in [0.15, 0.2) is 10.8 Å². The van der Waals surface area contributed by atoms with Crippen LogP contribution in [0.15, 0.2) is 74.0 Å². The molecule has 200 valence electrons. The molecule has 0 aliphatic rings. The number of anilines is 1. The normalized spacial score (nSPS) is 12.0. The number of nitrogens with zero attached hydrogens (tertiary/aromatic N) is 2. The predicted molar refractivity (Wildman–Crippen MR) is 154 cm³/mol. The maximum atomic E-state index is 13.2. The van der Waals surface area contributed by atoms with Gasteiger partial charge in [-0.05, 0) is 58.2 Å². The molecule has 1 atom stereocenters. The van der Waals surface area contributed by atoms with Crippen LogP contribution in [-0.2, 0) is 9.47 Å². The molecule has 0 fully saturated rings. The third-order valence-electron chi connectivity index (χ3n) is 6.17. The lowest BCUT2D eigenvalue weighted by atomic mass is 10.0. The predicted octanol–water partition coefficient (Wildman–Crippen LogP) is 6.74. The van der Waals surface area contributed by atoms with Crippen LogP contribution >= 0.6 is 27.7 Å². The van der Waals surface area contributed by atoms with Gasteiger partial charge in [0.2, 0.25) is 0 Å². The summed E-state index contributed by atoms with van der Waals surface area (Å²) in [5.41, 5.74) is 2.18. The van der Waals surface area contributed by atoms with Gasteiger partial charge in [0.1, 0.15) is 16.9 Å². The van der Waals surface area contributed by atoms with Crippen LogP contribution in [0.1, 0.15) is 49.9 Å². The Kier molecular flexibility index (Phi) is 9.65. The van der Waals surface area contributed by atoms with E-state index in [9.17, 15) is 9.59 Å². The zero-order valence-electron chi connectivity index (χ0n) is 21.6. The maximum Gasteiger partial charge on any atom is 0.342 e. The minimum atomic E-state index is -0.575. The van der Waals surface area contributed by atoms with E-state index in [-0.39, 0.29) is 17.3 Å². The van der Waals surface area contributed by atoms with Crippen molar-refractivity contribution in [3.8, 4) is 11.1 Å². The van der Waals surface area contributed by atoms with Gasteiger partial charge in [-0.2, -0.15) is 0 Å². The van der Waals surface area contributed by atoms with E-state index < -0.39 is 11.7 Å². The third kappa shape index (κ3) is 6.14. The average Bonchev–Trinajstić information content (AvgIpc) is 3.23. The van der Waals surface area contributed by atoms with Crippen molar-refractivity contribution in [1.82, 2.24) is 14.4 Å². The number of fused-ring (bicyclic) bond motifs is 1. The highest BCUT2D eigenvalue weighted by molar-refractivity contribution is 9.10. The van der Waals surface area contributed by atoms with Crippen molar-refractivity contribution in [2.75, 3.05) is 19.2 Å². The van der Waals surface area contributed by atoms with E-state index in [1.807, 2.05) is 54.6 Å². The van der Waals surface area contributed by atoms with E-state index in [1.165, 1.54) is 23.3 Å². The smallest absolute Gasteiger partial charge is 0.342 e. The molecule has 0 spiro atoms. The SMILES string of the molecule is CCCCC(CC)OCNc1ccccc1Sc1nc2c(C(=O)OC)c(-c3ccccc3)c(Br)n2c(=O)[nH]1. The number of hydrogen-bond acceptors (Lipinski definition) is 7. The first-order valence-corrected chi connectivity index (χ1v) is 14.2. The third-order valence-corrected chi connectivity index (χ3v) is 7.89. The Balaban J connectivity index is 1.67. The number of esters is 1. The first-order valence-electron chi connectivity index (χ1n) is 12.6. The number of carbonyl (C=O) groups excluding carboxylic acids is 1. The summed E-state index contributed by atoms with van der Waals surface area (Å²) >= 11 is 4.81. The number of H-pyrrole nitrogens is 1. The number of hydrogen-bond donors (Lipinski definition) is 2. The van der Waals surface area contributed by atoms with Crippen LogP contribution in [0.4, 0.5) is 5.69 Å². The second-order valence-corrected chi connectivity index (χ2v) is 10.4. The van der Waals surface area contributed by atoms with E-state index >= 15 is 0 Å². The number of aromatic nitrogens is 3. The number of ether oxygens (including phenoxy) is 2. The summed E-state index contributed by atoms with van der Waals surface area (Å²) in [6.07, 6.45) is 4.50. The van der Waals surface area contributed by atoms with Crippen LogP contribution in [-0.4, -0.2) is 40.3 Å². The number of rotatable bonds is 12. The Morgan fingerprint density at radius 3 is 2.61 bits per heavy atom. The zero-order chi connectivity index (χ0) is 27.1. The number of nitrogens with one attached hydrogen (secondary N) is 2. The largest absolute Gasteiger partial charge is 0.465 e. The molecular weight excluding hydrogens is 568 g/mol. The van der Waals surface area contributed by atoms with Crippen molar-refractivity contribution in [2.24, 2.45) is 0 Å². The van der Waals surface area contributed by atoms with E-state index in [0.717, 1.165) is 41.8 Å². The van der Waals surface area contributed by atoms with Crippen LogP contribution in [0.25, 0.3) is 16.8 Å². The average molecular weight is 600 g/mol. The van der Waals surface area contributed by atoms with Gasteiger partial charge in [0.05, 0.1) is 18.9 Å². The van der Waals surface area contributed by atoms with Crippen LogP contribution < -0.4 is 11.0 Å². The molecule has 2 aromatic heterocycles. The summed E-state index contributed by atoms with van der Waals surface area (Å²) in [5, 5.41) is 3.70. The molecule has 8 nitrogen and oxygen atoms in total. The lowest BCUT2D eigenvalue weighted by molar-refractivity contribution is 0.0560. The number of methoxy groups -OCH3 is 1. The van der Waals surface area contributed by atoms with Gasteiger partial charge in [0.25, 0.3) is 0 Å². The molecule has 0 aliphatic heterocycles. The molecule has 0 saturated carbocycles. The molecule has 0 bridgehead atoms. The second-order valence-electron chi connectivity index (χ2n) is 8.66. The van der Waals surface area contributed by atoms with Crippen molar-refractivity contribution in [3.05, 3.63) is 75.2 Å². The molecule has 2 aromatic carbocycles. The van der Waals surface area contributed by atoms with Crippen molar-refractivity contribution >= 4 is 45.0 Å². The Morgan fingerprint density at radius 2 is 1.89 bits per heavy atom. The molecule has 0 radical (unpaired) electrons. The highest BCUT2D eigenvalue weighted by Gasteiger charge is 2.27. The van der Waals surface area contributed by atoms with Crippen LogP contribution in [0.5, 0.6) is 0 Å². The molecule has 0 aliphatic carbocycles. The fourth-order valence-corrected chi connectivity index (χ4v) is 5.82. The van der Waals surface area contributed by atoms with E-state index in [4.69, 9.17) is 9.47 Å². The summed E-state index contributed by atoms with van der Waals surface area (Å²) < 4.78 is 12.9. The summed E-state index contributed by atoms with van der Waals surface area (Å²) in [5.74, 6) is -0.575. The first kappa shape index (κ1) is 27.9. The summed E-state index contributed by atoms with van der Waals surface area (Å²) in [6, 6.07) is 17.1. The van der Waals surface area contributed by atoms with Crippen LogP contribution in [0.3, 0.4) is 0 Å². The van der Waals surface area contributed by atoms with Gasteiger partial charge in [-0.25, -0.2) is 19.0 Å². The van der Waals surface area contributed by atoms with Crippen molar-refractivity contribution in [1.29, 1.82) is 0 Å². The highest BCUT2D eigenvalue weighted by Crippen LogP contribution is 2.37. The second kappa shape index (κ2) is 13.1. The van der Waals surface area contributed by atoms with Gasteiger partial charge in [-0.1, -0.05) is 69.2 Å². The molecule has 4 rings (SSSR count). The molecule has 1 unspecified atom stereocenters. The minimum Gasteiger partial charge on any atom is -0.465 e. The number of halogens is 1. The number of unbranched alkanes of at least 4 members (excludes halogenated alkanes) is 1.